The van der Waals surface area contributed by atoms with E-state index in [0.717, 1.165) is 40.8 Å². The fourth-order valence-corrected chi connectivity index (χ4v) is 5.48. The van der Waals surface area contributed by atoms with E-state index in [-0.39, 0.29) is 5.91 Å². The zero-order valence-electron chi connectivity index (χ0n) is 13.3. The second-order valence-corrected chi connectivity index (χ2v) is 8.77. The highest BCUT2D eigenvalue weighted by atomic mass is 32.1. The van der Waals surface area contributed by atoms with Gasteiger partial charge in [0.2, 0.25) is 0 Å². The summed E-state index contributed by atoms with van der Waals surface area (Å²) in [5, 5.41) is 6.55. The molecule has 5 nitrogen and oxygen atoms in total. The van der Waals surface area contributed by atoms with Crippen LogP contribution in [0, 0.1) is 6.92 Å². The number of hydrogen-bond donors (Lipinski definition) is 1. The zero-order chi connectivity index (χ0) is 16.7. The van der Waals surface area contributed by atoms with Crippen molar-refractivity contribution in [3.8, 4) is 9.88 Å². The van der Waals surface area contributed by atoms with E-state index in [9.17, 15) is 4.79 Å². The molecule has 0 bridgehead atoms. The number of carbonyl (C=O) groups excluding carboxylic acids is 1. The first kappa shape index (κ1) is 15.9. The molecule has 0 radical (unpaired) electrons. The maximum atomic E-state index is 12.6. The van der Waals surface area contributed by atoms with Crippen LogP contribution in [0.15, 0.2) is 17.5 Å². The van der Waals surface area contributed by atoms with Crippen LogP contribution < -0.4 is 5.32 Å². The Morgan fingerprint density at radius 3 is 3.00 bits per heavy atom. The van der Waals surface area contributed by atoms with Gasteiger partial charge in [0.15, 0.2) is 5.13 Å². The minimum absolute atomic E-state index is 0.118. The molecule has 0 aromatic carbocycles. The molecule has 0 fully saturated rings. The van der Waals surface area contributed by atoms with Crippen LogP contribution in [0.1, 0.15) is 25.9 Å². The summed E-state index contributed by atoms with van der Waals surface area (Å²) in [6.07, 6.45) is 0.945. The van der Waals surface area contributed by atoms with Crippen molar-refractivity contribution in [2.24, 2.45) is 0 Å². The topological polar surface area (TPSA) is 58.1 Å². The van der Waals surface area contributed by atoms with Crippen molar-refractivity contribution < 1.29 is 4.79 Å². The van der Waals surface area contributed by atoms with Crippen LogP contribution in [0.25, 0.3) is 9.88 Å². The molecule has 1 amide bonds. The Morgan fingerprint density at radius 2 is 2.21 bits per heavy atom. The Balaban J connectivity index is 1.55. The number of aryl methyl sites for hydroxylation is 1. The van der Waals surface area contributed by atoms with Crippen LogP contribution in [0.5, 0.6) is 0 Å². The van der Waals surface area contributed by atoms with Gasteiger partial charge in [-0.1, -0.05) is 6.07 Å². The first-order chi connectivity index (χ1) is 11.6. The lowest BCUT2D eigenvalue weighted by Crippen LogP contribution is -2.25. The van der Waals surface area contributed by atoms with Crippen LogP contribution in [0.2, 0.25) is 0 Å². The molecule has 0 saturated carbocycles. The van der Waals surface area contributed by atoms with Gasteiger partial charge in [-0.3, -0.25) is 10.1 Å². The van der Waals surface area contributed by atoms with E-state index in [4.69, 9.17) is 0 Å². The summed E-state index contributed by atoms with van der Waals surface area (Å²) in [4.78, 5) is 27.0. The van der Waals surface area contributed by atoms with E-state index in [1.54, 1.807) is 22.7 Å². The molecule has 1 N–H and O–H groups in total. The van der Waals surface area contributed by atoms with E-state index in [0.29, 0.717) is 10.0 Å². The molecule has 0 spiro atoms. The van der Waals surface area contributed by atoms with Gasteiger partial charge in [-0.2, -0.15) is 0 Å². The molecule has 124 valence electrons. The van der Waals surface area contributed by atoms with Gasteiger partial charge in [-0.05, 0) is 25.4 Å². The molecule has 1 aliphatic heterocycles. The number of hydrogen-bond acceptors (Lipinski definition) is 7. The van der Waals surface area contributed by atoms with Gasteiger partial charge < -0.3 is 4.90 Å². The monoisotopic (exact) mass is 376 g/mol. The molecule has 0 atom stereocenters. The van der Waals surface area contributed by atoms with E-state index < -0.39 is 0 Å². The third-order valence-corrected chi connectivity index (χ3v) is 7.07. The van der Waals surface area contributed by atoms with Gasteiger partial charge >= 0.3 is 0 Å². The molecule has 3 aromatic heterocycles. The van der Waals surface area contributed by atoms with Crippen LogP contribution in [-0.2, 0) is 13.0 Å². The number of anilines is 1. The molecule has 1 aliphatic rings. The molecule has 0 aliphatic carbocycles. The molecule has 3 aromatic rings. The highest BCUT2D eigenvalue weighted by molar-refractivity contribution is 7.22. The van der Waals surface area contributed by atoms with Crippen molar-refractivity contribution in [2.45, 2.75) is 19.9 Å². The number of likely N-dealkylation sites (N-methyl/N-ethyl adjacent to an activating group) is 1. The number of rotatable bonds is 3. The minimum atomic E-state index is -0.118. The number of fused-ring (bicyclic) bond motifs is 1. The summed E-state index contributed by atoms with van der Waals surface area (Å²) >= 11 is 4.64. The maximum absolute atomic E-state index is 12.6. The lowest BCUT2D eigenvalue weighted by atomic mass is 10.2. The molecule has 0 saturated heterocycles. The second kappa shape index (κ2) is 6.36. The molecule has 0 unspecified atom stereocenters. The minimum Gasteiger partial charge on any atom is -0.301 e. The van der Waals surface area contributed by atoms with E-state index >= 15 is 0 Å². The Labute approximate surface area is 152 Å². The van der Waals surface area contributed by atoms with E-state index in [2.05, 4.69) is 27.2 Å². The van der Waals surface area contributed by atoms with Gasteiger partial charge in [0, 0.05) is 24.4 Å². The number of aromatic nitrogens is 2. The fraction of sp³-hybridized carbons (Fsp3) is 0.312. The Morgan fingerprint density at radius 1 is 1.33 bits per heavy atom. The highest BCUT2D eigenvalue weighted by Gasteiger charge is 2.21. The molecule has 8 heteroatoms. The third-order valence-electron chi connectivity index (χ3n) is 3.88. The summed E-state index contributed by atoms with van der Waals surface area (Å²) in [7, 11) is 2.10. The SMILES string of the molecule is Cc1nc(-c2cccs2)sc1C(=O)Nc1nc2c(s1)CN(C)CC2. The Hall–Kier alpha value is -1.61. The average Bonchev–Trinajstić information content (AvgIpc) is 3.25. The number of nitrogens with one attached hydrogen (secondary N) is 1. The maximum Gasteiger partial charge on any atom is 0.269 e. The molecule has 24 heavy (non-hydrogen) atoms. The fourth-order valence-electron chi connectivity index (χ4n) is 2.64. The van der Waals surface area contributed by atoms with Crippen molar-refractivity contribution in [3.63, 3.8) is 0 Å². The number of thiophene rings is 1. The first-order valence-corrected chi connectivity index (χ1v) is 10.1. The van der Waals surface area contributed by atoms with Crippen LogP contribution in [-0.4, -0.2) is 34.4 Å². The summed E-state index contributed by atoms with van der Waals surface area (Å²) in [5.74, 6) is -0.118. The van der Waals surface area contributed by atoms with Crippen molar-refractivity contribution in [1.82, 2.24) is 14.9 Å². The summed E-state index contributed by atoms with van der Waals surface area (Å²) < 4.78 is 0. The van der Waals surface area contributed by atoms with Gasteiger partial charge in [0.1, 0.15) is 9.88 Å². The van der Waals surface area contributed by atoms with Gasteiger partial charge in [-0.25, -0.2) is 9.97 Å². The first-order valence-electron chi connectivity index (χ1n) is 7.60. The summed E-state index contributed by atoms with van der Waals surface area (Å²) in [6.45, 7) is 3.80. The van der Waals surface area contributed by atoms with Crippen LogP contribution in [0.4, 0.5) is 5.13 Å². The largest absolute Gasteiger partial charge is 0.301 e. The molecular weight excluding hydrogens is 360 g/mol. The smallest absolute Gasteiger partial charge is 0.269 e. The predicted molar refractivity (Wildman–Crippen MR) is 100 cm³/mol. The highest BCUT2D eigenvalue weighted by Crippen LogP contribution is 2.32. The Bertz CT molecular complexity index is 881. The molecule has 4 rings (SSSR count). The summed E-state index contributed by atoms with van der Waals surface area (Å²) in [6, 6.07) is 4.02. The normalized spacial score (nSPS) is 14.6. The number of carbonyl (C=O) groups is 1. The second-order valence-electron chi connectivity index (χ2n) is 5.74. The van der Waals surface area contributed by atoms with Crippen molar-refractivity contribution in [1.29, 1.82) is 0 Å². The number of amides is 1. The Kier molecular flexibility index (Phi) is 4.21. The average molecular weight is 377 g/mol. The predicted octanol–water partition coefficient (Wildman–Crippen LogP) is 3.88. The molecular formula is C16H16N4OS3. The number of thiazole rings is 2. The van der Waals surface area contributed by atoms with Gasteiger partial charge in [0.25, 0.3) is 5.91 Å². The summed E-state index contributed by atoms with van der Waals surface area (Å²) in [5.41, 5.74) is 1.88. The van der Waals surface area contributed by atoms with E-state index in [1.165, 1.54) is 16.2 Å². The van der Waals surface area contributed by atoms with Crippen LogP contribution >= 0.6 is 34.0 Å². The van der Waals surface area contributed by atoms with Crippen molar-refractivity contribution in [2.75, 3.05) is 18.9 Å². The third kappa shape index (κ3) is 3.02. The zero-order valence-corrected chi connectivity index (χ0v) is 15.8. The van der Waals surface area contributed by atoms with Crippen LogP contribution in [0.3, 0.4) is 0 Å². The van der Waals surface area contributed by atoms with Crippen molar-refractivity contribution >= 4 is 45.0 Å². The van der Waals surface area contributed by atoms with Crippen molar-refractivity contribution in [3.05, 3.63) is 38.7 Å². The lowest BCUT2D eigenvalue weighted by Gasteiger charge is -2.20. The lowest BCUT2D eigenvalue weighted by molar-refractivity contribution is 0.103. The van der Waals surface area contributed by atoms with E-state index in [1.807, 2.05) is 24.4 Å². The molecule has 4 heterocycles. The quantitative estimate of drug-likeness (QED) is 0.754. The van der Waals surface area contributed by atoms with Gasteiger partial charge in [0.05, 0.1) is 16.3 Å². The number of nitrogens with zero attached hydrogens (tertiary/aromatic N) is 3. The van der Waals surface area contributed by atoms with Gasteiger partial charge in [-0.15, -0.1) is 34.0 Å². The standard InChI is InChI=1S/C16H16N4OS3/c1-9-13(24-15(17-9)11-4-3-7-22-11)14(21)19-16-18-10-5-6-20(2)8-12(10)23-16/h3-4,7H,5-6,8H2,1-2H3,(H,18,19,21).